The number of amides is 1. The molecule has 3 nitrogen and oxygen atoms in total. The van der Waals surface area contributed by atoms with Crippen molar-refractivity contribution in [1.82, 2.24) is 5.06 Å². The molecule has 0 rings (SSSR count). The van der Waals surface area contributed by atoms with Crippen LogP contribution in [0.25, 0.3) is 0 Å². The maximum absolute atomic E-state index is 10.3. The molecule has 0 bridgehead atoms. The van der Waals surface area contributed by atoms with E-state index in [1.807, 2.05) is 0 Å². The predicted octanol–water partition coefficient (Wildman–Crippen LogP) is 0.410. The van der Waals surface area contributed by atoms with Crippen LogP contribution in [0.5, 0.6) is 0 Å². The Bertz CT molecular complexity index is 107. The van der Waals surface area contributed by atoms with Crippen molar-refractivity contribution in [1.29, 1.82) is 0 Å². The van der Waals surface area contributed by atoms with Crippen molar-refractivity contribution in [2.24, 2.45) is 0 Å². The normalized spacial score (nSPS) is 9.88. The molecule has 0 radical (unpaired) electrons. The number of carbonyl (C=O) groups is 1. The van der Waals surface area contributed by atoms with E-state index < -0.39 is 5.91 Å². The number of hydrogen-bond donors (Lipinski definition) is 1. The molecule has 8 heavy (non-hydrogen) atoms. The zero-order valence-electron chi connectivity index (χ0n) is 4.96. The second-order valence-corrected chi connectivity index (χ2v) is 1.36. The Balaban J connectivity index is 3.66. The van der Waals surface area contributed by atoms with Crippen LogP contribution >= 0.6 is 0 Å². The first-order valence-electron chi connectivity index (χ1n) is 2.27. The summed E-state index contributed by atoms with van der Waals surface area (Å²) >= 11 is 0. The molecule has 1 amide bonds. The van der Waals surface area contributed by atoms with Gasteiger partial charge in [-0.2, -0.15) is 0 Å². The Morgan fingerprint density at radius 3 is 2.38 bits per heavy atom. The monoisotopic (exact) mass is 115 g/mol. The van der Waals surface area contributed by atoms with Crippen LogP contribution in [0, 0.1) is 0 Å². The topological polar surface area (TPSA) is 40.5 Å². The van der Waals surface area contributed by atoms with Crippen LogP contribution in [0.1, 0.15) is 6.92 Å². The lowest BCUT2D eigenvalue weighted by Gasteiger charge is -2.01. The van der Waals surface area contributed by atoms with Crippen LogP contribution in [0.4, 0.5) is 0 Å². The van der Waals surface area contributed by atoms with Gasteiger partial charge in [-0.05, 0) is 6.92 Å². The van der Waals surface area contributed by atoms with Gasteiger partial charge in [-0.25, -0.2) is 5.06 Å². The summed E-state index contributed by atoms with van der Waals surface area (Å²) in [7, 11) is 1.28. The van der Waals surface area contributed by atoms with E-state index in [0.717, 1.165) is 0 Å². The SMILES string of the molecule is CC=CC(=O)N(C)O. The van der Waals surface area contributed by atoms with E-state index in [4.69, 9.17) is 5.21 Å². The molecule has 1 N–H and O–H groups in total. The Hall–Kier alpha value is -0.830. The molecule has 0 aliphatic heterocycles. The summed E-state index contributed by atoms with van der Waals surface area (Å²) in [5.41, 5.74) is 0. The van der Waals surface area contributed by atoms with Gasteiger partial charge < -0.3 is 0 Å². The van der Waals surface area contributed by atoms with E-state index in [1.54, 1.807) is 13.0 Å². The number of nitrogens with zero attached hydrogens (tertiary/aromatic N) is 1. The number of rotatable bonds is 1. The zero-order chi connectivity index (χ0) is 6.57. The number of allylic oxidation sites excluding steroid dienone is 1. The first kappa shape index (κ1) is 7.17. The van der Waals surface area contributed by atoms with Gasteiger partial charge in [-0.3, -0.25) is 10.0 Å². The van der Waals surface area contributed by atoms with Crippen LogP contribution < -0.4 is 0 Å². The van der Waals surface area contributed by atoms with Gasteiger partial charge in [0, 0.05) is 13.1 Å². The minimum atomic E-state index is -0.410. The molecule has 0 spiro atoms. The average Bonchev–Trinajstić information content (AvgIpc) is 1.67. The largest absolute Gasteiger partial charge is 0.286 e. The van der Waals surface area contributed by atoms with E-state index in [2.05, 4.69) is 0 Å². The maximum atomic E-state index is 10.3. The molecule has 0 aromatic carbocycles. The van der Waals surface area contributed by atoms with Gasteiger partial charge in [0.05, 0.1) is 0 Å². The number of likely N-dealkylation sites (N-methyl/N-ethyl adjacent to an activating group) is 1. The van der Waals surface area contributed by atoms with E-state index in [-0.39, 0.29) is 0 Å². The molecule has 0 aliphatic carbocycles. The van der Waals surface area contributed by atoms with E-state index in [1.165, 1.54) is 13.1 Å². The molecule has 0 fully saturated rings. The summed E-state index contributed by atoms with van der Waals surface area (Å²) in [5.74, 6) is -0.410. The van der Waals surface area contributed by atoms with Crippen molar-refractivity contribution >= 4 is 5.91 Å². The standard InChI is InChI=1S/C5H9NO2/c1-3-4-5(7)6(2)8/h3-4,8H,1-2H3. The van der Waals surface area contributed by atoms with Crippen molar-refractivity contribution in [3.63, 3.8) is 0 Å². The van der Waals surface area contributed by atoms with Crippen LogP contribution in [-0.4, -0.2) is 23.2 Å². The third-order valence-electron chi connectivity index (χ3n) is 0.628. The average molecular weight is 115 g/mol. The van der Waals surface area contributed by atoms with Crippen molar-refractivity contribution in [2.45, 2.75) is 6.92 Å². The number of carbonyl (C=O) groups excluding carboxylic acids is 1. The number of hydrogen-bond acceptors (Lipinski definition) is 2. The predicted molar refractivity (Wildman–Crippen MR) is 29.4 cm³/mol. The van der Waals surface area contributed by atoms with Gasteiger partial charge in [0.1, 0.15) is 0 Å². The van der Waals surface area contributed by atoms with E-state index >= 15 is 0 Å². The highest BCUT2D eigenvalue weighted by atomic mass is 16.5. The smallest absolute Gasteiger partial charge is 0.269 e. The van der Waals surface area contributed by atoms with Crippen molar-refractivity contribution in [3.05, 3.63) is 12.2 Å². The lowest BCUT2D eigenvalue weighted by atomic mass is 10.5. The zero-order valence-corrected chi connectivity index (χ0v) is 4.96. The lowest BCUT2D eigenvalue weighted by molar-refractivity contribution is -0.153. The molecule has 0 unspecified atom stereocenters. The minimum Gasteiger partial charge on any atom is -0.286 e. The van der Waals surface area contributed by atoms with Gasteiger partial charge in [-0.1, -0.05) is 6.08 Å². The Morgan fingerprint density at radius 1 is 1.75 bits per heavy atom. The fraction of sp³-hybridized carbons (Fsp3) is 0.400. The highest BCUT2D eigenvalue weighted by Crippen LogP contribution is 1.78. The molecular formula is C5H9NO2. The third kappa shape index (κ3) is 2.36. The first-order valence-corrected chi connectivity index (χ1v) is 2.27. The summed E-state index contributed by atoms with van der Waals surface area (Å²) in [6.45, 7) is 1.71. The molecule has 0 aromatic heterocycles. The molecule has 0 saturated carbocycles. The van der Waals surface area contributed by atoms with Gasteiger partial charge >= 0.3 is 0 Å². The minimum absolute atomic E-state index is 0.410. The van der Waals surface area contributed by atoms with Gasteiger partial charge in [0.25, 0.3) is 5.91 Å². The summed E-state index contributed by atoms with van der Waals surface area (Å²) < 4.78 is 0. The Labute approximate surface area is 48.2 Å². The molecule has 0 atom stereocenters. The fourth-order valence-corrected chi connectivity index (χ4v) is 0.250. The summed E-state index contributed by atoms with van der Waals surface area (Å²) in [5, 5.41) is 8.91. The lowest BCUT2D eigenvalue weighted by Crippen LogP contribution is -2.19. The molecule has 0 aromatic rings. The van der Waals surface area contributed by atoms with Gasteiger partial charge in [0.2, 0.25) is 0 Å². The molecule has 0 heterocycles. The Morgan fingerprint density at radius 2 is 2.25 bits per heavy atom. The fourth-order valence-electron chi connectivity index (χ4n) is 0.250. The second-order valence-electron chi connectivity index (χ2n) is 1.36. The quantitative estimate of drug-likeness (QED) is 0.305. The van der Waals surface area contributed by atoms with Crippen molar-refractivity contribution in [3.8, 4) is 0 Å². The Kier molecular flexibility index (Phi) is 2.88. The molecule has 0 saturated heterocycles. The highest BCUT2D eigenvalue weighted by Gasteiger charge is 1.95. The molecule has 46 valence electrons. The third-order valence-corrected chi connectivity index (χ3v) is 0.628. The van der Waals surface area contributed by atoms with Crippen LogP contribution in [0.2, 0.25) is 0 Å². The van der Waals surface area contributed by atoms with Crippen molar-refractivity contribution < 1.29 is 10.0 Å². The van der Waals surface area contributed by atoms with Gasteiger partial charge in [0.15, 0.2) is 0 Å². The molecule has 3 heteroatoms. The summed E-state index contributed by atoms with van der Waals surface area (Å²) in [6, 6.07) is 0. The summed E-state index contributed by atoms with van der Waals surface area (Å²) in [4.78, 5) is 10.3. The van der Waals surface area contributed by atoms with E-state index in [0.29, 0.717) is 5.06 Å². The molecule has 0 aliphatic rings. The maximum Gasteiger partial charge on any atom is 0.269 e. The van der Waals surface area contributed by atoms with Crippen molar-refractivity contribution in [2.75, 3.05) is 7.05 Å². The van der Waals surface area contributed by atoms with Crippen LogP contribution in [-0.2, 0) is 4.79 Å². The number of hydroxylamine groups is 2. The van der Waals surface area contributed by atoms with E-state index in [9.17, 15) is 4.79 Å². The van der Waals surface area contributed by atoms with Crippen LogP contribution in [0.3, 0.4) is 0 Å². The second kappa shape index (κ2) is 3.21. The highest BCUT2D eigenvalue weighted by molar-refractivity contribution is 5.86. The van der Waals surface area contributed by atoms with Gasteiger partial charge in [-0.15, -0.1) is 0 Å². The van der Waals surface area contributed by atoms with Crippen LogP contribution in [0.15, 0.2) is 12.2 Å². The first-order chi connectivity index (χ1) is 3.68. The molecular weight excluding hydrogens is 106 g/mol. The summed E-state index contributed by atoms with van der Waals surface area (Å²) in [6.07, 6.45) is 2.84.